The molecule has 0 radical (unpaired) electrons. The van der Waals surface area contributed by atoms with Crippen LogP contribution in [-0.4, -0.2) is 36.6 Å². The van der Waals surface area contributed by atoms with Crippen molar-refractivity contribution in [1.29, 1.82) is 0 Å². The van der Waals surface area contributed by atoms with Gasteiger partial charge >= 0.3 is 6.18 Å². The lowest BCUT2D eigenvalue weighted by molar-refractivity contribution is -0.137. The molecule has 1 amide bonds. The number of rotatable bonds is 5. The molecular weight excluding hydrogens is 447 g/mol. The monoisotopic (exact) mass is 465 g/mol. The molecule has 3 aromatic rings. The predicted molar refractivity (Wildman–Crippen MR) is 109 cm³/mol. The summed E-state index contributed by atoms with van der Waals surface area (Å²) in [5.74, 6) is -0.905. The minimum atomic E-state index is -4.73. The van der Waals surface area contributed by atoms with E-state index in [1.165, 1.54) is 10.9 Å². The Morgan fingerprint density at radius 2 is 1.97 bits per heavy atom. The number of benzene rings is 1. The highest BCUT2D eigenvalue weighted by molar-refractivity contribution is 6.34. The maximum Gasteiger partial charge on any atom is 0.417 e. The Hall–Kier alpha value is -2.98. The summed E-state index contributed by atoms with van der Waals surface area (Å²) in [6.07, 6.45) is 1.67. The molecule has 4 rings (SSSR count). The number of hydrogen-bond donors (Lipinski definition) is 2. The molecule has 1 fully saturated rings. The van der Waals surface area contributed by atoms with Gasteiger partial charge in [-0.05, 0) is 36.6 Å². The Labute approximate surface area is 186 Å². The third-order valence-corrected chi connectivity index (χ3v) is 5.97. The van der Waals surface area contributed by atoms with Gasteiger partial charge in [0, 0.05) is 6.20 Å². The second-order valence-electron chi connectivity index (χ2n) is 7.68. The van der Waals surface area contributed by atoms with E-state index in [-0.39, 0.29) is 0 Å². The Bertz CT molecular complexity index is 1110. The highest BCUT2D eigenvalue weighted by Gasteiger charge is 2.42. The fourth-order valence-electron chi connectivity index (χ4n) is 4.02. The molecule has 0 spiro atoms. The third-order valence-electron chi connectivity index (χ3n) is 5.58. The Kier molecular flexibility index (Phi) is 5.91. The van der Waals surface area contributed by atoms with Crippen LogP contribution in [0.3, 0.4) is 0 Å². The number of hydrogen-bond acceptors (Lipinski definition) is 5. The van der Waals surface area contributed by atoms with Crippen molar-refractivity contribution in [3.63, 3.8) is 0 Å². The van der Waals surface area contributed by atoms with E-state index in [0.29, 0.717) is 30.2 Å². The quantitative estimate of drug-likeness (QED) is 0.591. The Morgan fingerprint density at radius 1 is 1.22 bits per heavy atom. The largest absolute Gasteiger partial charge is 0.417 e. The van der Waals surface area contributed by atoms with Gasteiger partial charge in [-0.15, -0.1) is 5.10 Å². The van der Waals surface area contributed by atoms with E-state index in [0.717, 1.165) is 19.0 Å². The van der Waals surface area contributed by atoms with Gasteiger partial charge in [-0.25, -0.2) is 9.67 Å². The summed E-state index contributed by atoms with van der Waals surface area (Å²) >= 11 is 5.88. The van der Waals surface area contributed by atoms with Crippen molar-refractivity contribution in [2.45, 2.75) is 43.5 Å². The van der Waals surface area contributed by atoms with E-state index in [2.05, 4.69) is 20.6 Å². The first-order valence-corrected chi connectivity index (χ1v) is 10.3. The molecule has 11 heteroatoms. The number of carbonyl (C=O) groups excluding carboxylic acids is 1. The first-order valence-electron chi connectivity index (χ1n) is 9.91. The van der Waals surface area contributed by atoms with Crippen LogP contribution in [0.1, 0.15) is 53.3 Å². The van der Waals surface area contributed by atoms with Crippen molar-refractivity contribution in [1.82, 2.24) is 25.3 Å². The fraction of sp³-hybridized carbons (Fsp3) is 0.333. The zero-order valence-electron chi connectivity index (χ0n) is 16.7. The standard InChI is InChI=1S/C21H19ClF3N5O2/c22-16-15(21(23,24)25)6-9-26-17(16)19(31)28-18(20(32)7-1-2-8-20)13-4-3-5-14(12-13)30-11-10-27-29-30/h3-6,9-12,18,32H,1-2,7-8H2,(H,28,31). The van der Waals surface area contributed by atoms with Gasteiger partial charge in [0.2, 0.25) is 0 Å². The maximum absolute atomic E-state index is 13.2. The molecule has 1 aliphatic rings. The minimum Gasteiger partial charge on any atom is -0.387 e. The zero-order chi connectivity index (χ0) is 22.9. The Morgan fingerprint density at radius 3 is 2.62 bits per heavy atom. The molecule has 0 bridgehead atoms. The third kappa shape index (κ3) is 4.33. The topological polar surface area (TPSA) is 92.9 Å². The summed E-state index contributed by atoms with van der Waals surface area (Å²) in [4.78, 5) is 16.7. The van der Waals surface area contributed by atoms with Gasteiger partial charge in [0.1, 0.15) is 5.69 Å². The summed E-state index contributed by atoms with van der Waals surface area (Å²) in [7, 11) is 0. The van der Waals surface area contributed by atoms with Crippen LogP contribution < -0.4 is 5.32 Å². The van der Waals surface area contributed by atoms with Crippen LogP contribution in [0.4, 0.5) is 13.2 Å². The summed E-state index contributed by atoms with van der Waals surface area (Å²) in [5, 5.41) is 20.9. The highest BCUT2D eigenvalue weighted by atomic mass is 35.5. The molecule has 32 heavy (non-hydrogen) atoms. The number of carbonyl (C=O) groups is 1. The minimum absolute atomic E-state index is 0.426. The number of alkyl halides is 3. The number of nitrogens with one attached hydrogen (secondary N) is 1. The summed E-state index contributed by atoms with van der Waals surface area (Å²) in [6, 6.07) is 6.79. The van der Waals surface area contributed by atoms with Gasteiger partial charge in [0.05, 0.1) is 40.3 Å². The molecule has 168 valence electrons. The average Bonchev–Trinajstić information content (AvgIpc) is 3.44. The van der Waals surface area contributed by atoms with Gasteiger partial charge < -0.3 is 10.4 Å². The summed E-state index contributed by atoms with van der Waals surface area (Å²) in [5.41, 5.74) is -1.76. The van der Waals surface area contributed by atoms with Crippen molar-refractivity contribution >= 4 is 17.5 Å². The summed E-state index contributed by atoms with van der Waals surface area (Å²) in [6.45, 7) is 0. The van der Waals surface area contributed by atoms with Crippen molar-refractivity contribution in [2.75, 3.05) is 0 Å². The molecular formula is C21H19ClF3N5O2. The molecule has 1 aliphatic carbocycles. The SMILES string of the molecule is O=C(NC(c1cccc(-n2ccnn2)c1)C1(O)CCCC1)c1nccc(C(F)(F)F)c1Cl. The first kappa shape index (κ1) is 22.2. The van der Waals surface area contributed by atoms with E-state index in [9.17, 15) is 23.1 Å². The molecule has 1 aromatic carbocycles. The normalized spacial score (nSPS) is 16.7. The number of nitrogens with zero attached hydrogens (tertiary/aromatic N) is 4. The van der Waals surface area contributed by atoms with Crippen LogP contribution in [0.2, 0.25) is 5.02 Å². The fourth-order valence-corrected chi connectivity index (χ4v) is 4.32. The number of aromatic nitrogens is 4. The van der Waals surface area contributed by atoms with Crippen LogP contribution in [0.5, 0.6) is 0 Å². The van der Waals surface area contributed by atoms with Gasteiger partial charge in [0.25, 0.3) is 5.91 Å². The van der Waals surface area contributed by atoms with Gasteiger partial charge in [-0.3, -0.25) is 4.79 Å². The van der Waals surface area contributed by atoms with Gasteiger partial charge in [0.15, 0.2) is 0 Å². The van der Waals surface area contributed by atoms with Crippen molar-refractivity contribution in [3.8, 4) is 5.69 Å². The predicted octanol–water partition coefficient (Wildman–Crippen LogP) is 4.11. The number of pyridine rings is 1. The zero-order valence-corrected chi connectivity index (χ0v) is 17.4. The molecule has 0 aliphatic heterocycles. The van der Waals surface area contributed by atoms with E-state index in [1.54, 1.807) is 30.5 Å². The molecule has 1 unspecified atom stereocenters. The lowest BCUT2D eigenvalue weighted by atomic mass is 9.86. The molecule has 0 saturated heterocycles. The van der Waals surface area contributed by atoms with Crippen molar-refractivity contribution in [2.24, 2.45) is 0 Å². The molecule has 2 heterocycles. The van der Waals surface area contributed by atoms with E-state index in [1.807, 2.05) is 0 Å². The average molecular weight is 466 g/mol. The smallest absolute Gasteiger partial charge is 0.387 e. The second-order valence-corrected chi connectivity index (χ2v) is 8.06. The van der Waals surface area contributed by atoms with Crippen LogP contribution >= 0.6 is 11.6 Å². The van der Waals surface area contributed by atoms with E-state index < -0.39 is 40.0 Å². The molecule has 1 atom stereocenters. The van der Waals surface area contributed by atoms with Crippen LogP contribution in [0, 0.1) is 0 Å². The lowest BCUT2D eigenvalue weighted by Gasteiger charge is -2.34. The lowest BCUT2D eigenvalue weighted by Crippen LogP contribution is -2.44. The highest BCUT2D eigenvalue weighted by Crippen LogP contribution is 2.41. The van der Waals surface area contributed by atoms with E-state index >= 15 is 0 Å². The molecule has 2 aromatic heterocycles. The molecule has 7 nitrogen and oxygen atoms in total. The maximum atomic E-state index is 13.2. The van der Waals surface area contributed by atoms with Gasteiger partial charge in [-0.1, -0.05) is 41.8 Å². The van der Waals surface area contributed by atoms with E-state index in [4.69, 9.17) is 11.6 Å². The van der Waals surface area contributed by atoms with Gasteiger partial charge in [-0.2, -0.15) is 13.2 Å². The Balaban J connectivity index is 1.71. The number of aliphatic hydroxyl groups is 1. The second kappa shape index (κ2) is 8.51. The number of amides is 1. The van der Waals surface area contributed by atoms with Crippen LogP contribution in [0.25, 0.3) is 5.69 Å². The summed E-state index contributed by atoms with van der Waals surface area (Å²) < 4.78 is 41.1. The first-order chi connectivity index (χ1) is 15.2. The van der Waals surface area contributed by atoms with Crippen LogP contribution in [0.15, 0.2) is 48.9 Å². The molecule has 1 saturated carbocycles. The van der Waals surface area contributed by atoms with Crippen molar-refractivity contribution < 1.29 is 23.1 Å². The van der Waals surface area contributed by atoms with Crippen molar-refractivity contribution in [3.05, 3.63) is 70.8 Å². The van der Waals surface area contributed by atoms with Crippen LogP contribution in [-0.2, 0) is 6.18 Å². The molecule has 2 N–H and O–H groups in total. The number of halogens is 4.